The van der Waals surface area contributed by atoms with Crippen molar-refractivity contribution < 1.29 is 13.2 Å². The molecule has 3 rings (SSSR count). The molecule has 3 N–H and O–H groups in total. The van der Waals surface area contributed by atoms with Gasteiger partial charge in [-0.3, -0.25) is 0 Å². The summed E-state index contributed by atoms with van der Waals surface area (Å²) in [5.74, 6) is -0.736. The van der Waals surface area contributed by atoms with Crippen LogP contribution in [0.1, 0.15) is 38.2 Å². The van der Waals surface area contributed by atoms with Gasteiger partial charge in [0, 0.05) is 11.7 Å². The summed E-state index contributed by atoms with van der Waals surface area (Å²) in [4.78, 5) is 6.68. The van der Waals surface area contributed by atoms with Crippen LogP contribution in [0, 0.1) is 5.92 Å². The number of nitrogens with zero attached hydrogens (tertiary/aromatic N) is 2. The van der Waals surface area contributed by atoms with E-state index in [0.29, 0.717) is 25.1 Å². The number of alkyl halides is 3. The van der Waals surface area contributed by atoms with Gasteiger partial charge in [0.25, 0.3) is 0 Å². The predicted octanol–water partition coefficient (Wildman–Crippen LogP) is 4.40. The number of piperidine rings is 1. The van der Waals surface area contributed by atoms with Crippen molar-refractivity contribution in [2.45, 2.75) is 57.3 Å². The van der Waals surface area contributed by atoms with Crippen LogP contribution in [0.2, 0.25) is 0 Å². The third-order valence-corrected chi connectivity index (χ3v) is 5.55. The fourth-order valence-electron chi connectivity index (χ4n) is 3.76. The minimum absolute atomic E-state index is 0. The zero-order valence-corrected chi connectivity index (χ0v) is 17.8. The van der Waals surface area contributed by atoms with E-state index >= 15 is 0 Å². The second-order valence-corrected chi connectivity index (χ2v) is 7.32. The van der Waals surface area contributed by atoms with Gasteiger partial charge in [0.05, 0.1) is 12.0 Å². The van der Waals surface area contributed by atoms with Gasteiger partial charge >= 0.3 is 6.18 Å². The number of halogens is 4. The van der Waals surface area contributed by atoms with Crippen molar-refractivity contribution in [2.75, 3.05) is 18.4 Å². The average molecular weight is 496 g/mol. The number of anilines is 1. The molecule has 1 saturated heterocycles. The highest BCUT2D eigenvalue weighted by Gasteiger charge is 2.43. The van der Waals surface area contributed by atoms with Crippen molar-refractivity contribution in [3.05, 3.63) is 29.8 Å². The monoisotopic (exact) mass is 496 g/mol. The molecule has 27 heavy (non-hydrogen) atoms. The van der Waals surface area contributed by atoms with Crippen LogP contribution in [0.5, 0.6) is 0 Å². The fraction of sp³-hybridized carbons (Fsp3) is 0.632. The highest BCUT2D eigenvalue weighted by atomic mass is 127. The van der Waals surface area contributed by atoms with Crippen LogP contribution >= 0.6 is 24.0 Å². The summed E-state index contributed by atoms with van der Waals surface area (Å²) >= 11 is 0. The summed E-state index contributed by atoms with van der Waals surface area (Å²) in [5, 5.41) is 3.10. The number of hydrogen-bond donors (Lipinski definition) is 2. The number of aliphatic imine (C=N–C) groups is 1. The van der Waals surface area contributed by atoms with Gasteiger partial charge in [-0.15, -0.1) is 24.0 Å². The minimum atomic E-state index is -4.05. The molecule has 0 amide bonds. The first kappa shape index (κ1) is 22.3. The number of guanidine groups is 1. The summed E-state index contributed by atoms with van der Waals surface area (Å²) < 4.78 is 38.2. The maximum atomic E-state index is 12.7. The Morgan fingerprint density at radius 3 is 2.30 bits per heavy atom. The normalized spacial score (nSPS) is 24.8. The Labute approximate surface area is 175 Å². The lowest BCUT2D eigenvalue weighted by Gasteiger charge is -2.44. The SMILES string of the molecule is CCc1ccc(NC(N)=NC2CC(N3CCC(C(F)(F)F)CC3)C2)cc1.I. The summed E-state index contributed by atoms with van der Waals surface area (Å²) in [7, 11) is 0. The van der Waals surface area contributed by atoms with E-state index in [1.54, 1.807) is 0 Å². The first-order valence-electron chi connectivity index (χ1n) is 9.35. The van der Waals surface area contributed by atoms with E-state index in [-0.39, 0.29) is 42.9 Å². The topological polar surface area (TPSA) is 53.6 Å². The van der Waals surface area contributed by atoms with Crippen LogP contribution in [-0.2, 0) is 6.42 Å². The third kappa shape index (κ3) is 5.97. The number of nitrogens with two attached hydrogens (primary N) is 1. The Kier molecular flexibility index (Phi) is 7.79. The molecule has 8 heteroatoms. The zero-order valence-electron chi connectivity index (χ0n) is 15.5. The zero-order chi connectivity index (χ0) is 18.7. The molecule has 152 valence electrons. The van der Waals surface area contributed by atoms with Gasteiger partial charge in [0.1, 0.15) is 0 Å². The molecule has 1 aromatic rings. The van der Waals surface area contributed by atoms with Crippen molar-refractivity contribution >= 4 is 35.6 Å². The molecule has 2 fully saturated rings. The lowest BCUT2D eigenvalue weighted by atomic mass is 9.83. The largest absolute Gasteiger partial charge is 0.391 e. The molecule has 0 unspecified atom stereocenters. The second kappa shape index (κ2) is 9.45. The molecule has 0 spiro atoms. The maximum absolute atomic E-state index is 12.7. The average Bonchev–Trinajstić information content (AvgIpc) is 2.58. The van der Waals surface area contributed by atoms with E-state index in [2.05, 4.69) is 34.3 Å². The van der Waals surface area contributed by atoms with Gasteiger partial charge in [-0.05, 0) is 62.9 Å². The summed E-state index contributed by atoms with van der Waals surface area (Å²) in [6, 6.07) is 8.57. The van der Waals surface area contributed by atoms with Gasteiger partial charge in [0.2, 0.25) is 0 Å². The fourth-order valence-corrected chi connectivity index (χ4v) is 3.76. The van der Waals surface area contributed by atoms with E-state index in [1.165, 1.54) is 5.56 Å². The van der Waals surface area contributed by atoms with Crippen molar-refractivity contribution in [1.29, 1.82) is 0 Å². The summed E-state index contributed by atoms with van der Waals surface area (Å²) in [6.07, 6.45) is -0.889. The first-order chi connectivity index (χ1) is 12.3. The molecule has 1 aliphatic carbocycles. The molecule has 0 radical (unpaired) electrons. The smallest absolute Gasteiger partial charge is 0.370 e. The molecule has 0 atom stereocenters. The van der Waals surface area contributed by atoms with E-state index in [9.17, 15) is 13.2 Å². The molecule has 4 nitrogen and oxygen atoms in total. The van der Waals surface area contributed by atoms with E-state index < -0.39 is 12.1 Å². The van der Waals surface area contributed by atoms with Crippen LogP contribution in [-0.4, -0.2) is 42.2 Å². The molecule has 1 aromatic carbocycles. The Morgan fingerprint density at radius 2 is 1.78 bits per heavy atom. The third-order valence-electron chi connectivity index (χ3n) is 5.55. The highest BCUT2D eigenvalue weighted by molar-refractivity contribution is 14.0. The Bertz CT molecular complexity index is 619. The molecule has 2 aliphatic rings. The van der Waals surface area contributed by atoms with Crippen LogP contribution in [0.25, 0.3) is 0 Å². The maximum Gasteiger partial charge on any atom is 0.391 e. The Morgan fingerprint density at radius 1 is 1.19 bits per heavy atom. The van der Waals surface area contributed by atoms with Crippen molar-refractivity contribution in [3.8, 4) is 0 Å². The Balaban J connectivity index is 0.00000261. The van der Waals surface area contributed by atoms with Crippen LogP contribution in [0.15, 0.2) is 29.3 Å². The molecule has 1 heterocycles. The lowest BCUT2D eigenvalue weighted by molar-refractivity contribution is -0.187. The van der Waals surface area contributed by atoms with E-state index in [1.807, 2.05) is 12.1 Å². The van der Waals surface area contributed by atoms with Gasteiger partial charge in [-0.25, -0.2) is 4.99 Å². The summed E-state index contributed by atoms with van der Waals surface area (Å²) in [5.41, 5.74) is 8.15. The predicted molar refractivity (Wildman–Crippen MR) is 114 cm³/mol. The minimum Gasteiger partial charge on any atom is -0.370 e. The van der Waals surface area contributed by atoms with Gasteiger partial charge < -0.3 is 16.0 Å². The molecular formula is C19H28F3IN4. The van der Waals surface area contributed by atoms with E-state index in [4.69, 9.17) is 5.73 Å². The van der Waals surface area contributed by atoms with Gasteiger partial charge in [-0.2, -0.15) is 13.2 Å². The van der Waals surface area contributed by atoms with Crippen LogP contribution in [0.4, 0.5) is 18.9 Å². The number of benzene rings is 1. The first-order valence-corrected chi connectivity index (χ1v) is 9.35. The number of hydrogen-bond acceptors (Lipinski definition) is 2. The molecule has 1 aliphatic heterocycles. The molecular weight excluding hydrogens is 468 g/mol. The van der Waals surface area contributed by atoms with Crippen molar-refractivity contribution in [3.63, 3.8) is 0 Å². The number of likely N-dealkylation sites (tertiary alicyclic amines) is 1. The molecule has 0 bridgehead atoms. The quantitative estimate of drug-likeness (QED) is 0.369. The summed E-state index contributed by atoms with van der Waals surface area (Å²) in [6.45, 7) is 3.17. The van der Waals surface area contributed by atoms with Crippen molar-refractivity contribution in [2.24, 2.45) is 16.6 Å². The second-order valence-electron chi connectivity index (χ2n) is 7.32. The van der Waals surface area contributed by atoms with Crippen LogP contribution in [0.3, 0.4) is 0 Å². The lowest BCUT2D eigenvalue weighted by Crippen LogP contribution is -2.51. The van der Waals surface area contributed by atoms with E-state index in [0.717, 1.165) is 24.9 Å². The van der Waals surface area contributed by atoms with Gasteiger partial charge in [-0.1, -0.05) is 19.1 Å². The molecule has 1 saturated carbocycles. The molecule has 0 aromatic heterocycles. The van der Waals surface area contributed by atoms with Crippen LogP contribution < -0.4 is 11.1 Å². The highest BCUT2D eigenvalue weighted by Crippen LogP contribution is 2.37. The van der Waals surface area contributed by atoms with Gasteiger partial charge in [0.15, 0.2) is 5.96 Å². The number of nitrogens with one attached hydrogen (secondary N) is 1. The standard InChI is InChI=1S/C19H27F3N4.HI/c1-2-13-3-5-15(6-4-13)24-18(23)25-16-11-17(12-16)26-9-7-14(8-10-26)19(20,21)22;/h3-6,14,16-17H,2,7-12H2,1H3,(H3,23,24,25);1H. The number of rotatable bonds is 4. The van der Waals surface area contributed by atoms with Crippen molar-refractivity contribution in [1.82, 2.24) is 4.90 Å². The Hall–Kier alpha value is -1.03. The number of aryl methyl sites for hydroxylation is 1.